The number of carbonyl (C=O) groups is 1. The Morgan fingerprint density at radius 3 is 2.89 bits per heavy atom. The lowest BCUT2D eigenvalue weighted by atomic mass is 10.1. The first-order chi connectivity index (χ1) is 8.76. The van der Waals surface area contributed by atoms with Crippen LogP contribution in [-0.4, -0.2) is 29.9 Å². The van der Waals surface area contributed by atoms with Crippen LogP contribution in [0.15, 0.2) is 30.3 Å². The molecule has 1 heterocycles. The maximum atomic E-state index is 11.3. The Morgan fingerprint density at radius 2 is 2.17 bits per heavy atom. The molecule has 0 radical (unpaired) electrons. The number of H-pyrrole nitrogens is 1. The summed E-state index contributed by atoms with van der Waals surface area (Å²) in [6, 6.07) is 9.18. The van der Waals surface area contributed by atoms with Gasteiger partial charge in [-0.15, -0.1) is 0 Å². The maximum absolute atomic E-state index is 11.3. The van der Waals surface area contributed by atoms with Crippen molar-refractivity contribution in [3.8, 4) is 17.0 Å². The highest BCUT2D eigenvalue weighted by molar-refractivity contribution is 5.88. The van der Waals surface area contributed by atoms with Crippen LogP contribution in [-0.2, 0) is 4.74 Å². The zero-order chi connectivity index (χ0) is 13.0. The van der Waals surface area contributed by atoms with Gasteiger partial charge in [-0.1, -0.05) is 12.1 Å². The van der Waals surface area contributed by atoms with Gasteiger partial charge in [0, 0.05) is 5.56 Å². The number of ether oxygens (including phenoxy) is 2. The first-order valence-corrected chi connectivity index (χ1v) is 5.62. The zero-order valence-corrected chi connectivity index (χ0v) is 10.3. The minimum absolute atomic E-state index is 0.318. The normalized spacial score (nSPS) is 10.1. The molecule has 94 valence electrons. The van der Waals surface area contributed by atoms with E-state index in [0.717, 1.165) is 11.3 Å². The van der Waals surface area contributed by atoms with Crippen LogP contribution >= 0.6 is 0 Å². The van der Waals surface area contributed by atoms with Gasteiger partial charge < -0.3 is 9.47 Å². The predicted octanol–water partition coefficient (Wildman–Crippen LogP) is 2.26. The van der Waals surface area contributed by atoms with Crippen molar-refractivity contribution in [2.24, 2.45) is 0 Å². The second kappa shape index (κ2) is 5.35. The molecule has 0 aliphatic rings. The molecule has 5 heteroatoms. The Labute approximate surface area is 105 Å². The number of benzene rings is 1. The number of esters is 1. The summed E-state index contributed by atoms with van der Waals surface area (Å²) in [5.74, 6) is 0.297. The second-order valence-electron chi connectivity index (χ2n) is 3.59. The van der Waals surface area contributed by atoms with Crippen LogP contribution in [0.2, 0.25) is 0 Å². The van der Waals surface area contributed by atoms with E-state index >= 15 is 0 Å². The molecule has 0 fully saturated rings. The zero-order valence-electron chi connectivity index (χ0n) is 10.3. The molecule has 1 aromatic carbocycles. The molecular formula is C13H14N2O3. The highest BCUT2D eigenvalue weighted by Crippen LogP contribution is 2.28. The molecule has 0 unspecified atom stereocenters. The average molecular weight is 246 g/mol. The fraction of sp³-hybridized carbons (Fsp3) is 0.231. The third kappa shape index (κ3) is 2.34. The summed E-state index contributed by atoms with van der Waals surface area (Å²) >= 11 is 0. The average Bonchev–Trinajstić information content (AvgIpc) is 2.88. The lowest BCUT2D eigenvalue weighted by molar-refractivity contribution is 0.0594. The Bertz CT molecular complexity index is 549. The summed E-state index contributed by atoms with van der Waals surface area (Å²) in [6.07, 6.45) is 0. The third-order valence-corrected chi connectivity index (χ3v) is 2.45. The van der Waals surface area contributed by atoms with Gasteiger partial charge in [0.25, 0.3) is 0 Å². The highest BCUT2D eigenvalue weighted by Gasteiger charge is 2.13. The van der Waals surface area contributed by atoms with E-state index in [0.29, 0.717) is 18.0 Å². The van der Waals surface area contributed by atoms with Gasteiger partial charge in [-0.2, -0.15) is 5.10 Å². The highest BCUT2D eigenvalue weighted by atomic mass is 16.5. The van der Waals surface area contributed by atoms with Crippen molar-refractivity contribution in [3.05, 3.63) is 36.0 Å². The molecule has 2 aromatic rings. The second-order valence-corrected chi connectivity index (χ2v) is 3.59. The molecule has 0 atom stereocenters. The van der Waals surface area contributed by atoms with Crippen molar-refractivity contribution in [3.63, 3.8) is 0 Å². The number of rotatable bonds is 4. The molecule has 0 bridgehead atoms. The Morgan fingerprint density at radius 1 is 1.39 bits per heavy atom. The molecular weight excluding hydrogens is 232 g/mol. The van der Waals surface area contributed by atoms with Crippen LogP contribution in [0.25, 0.3) is 11.3 Å². The van der Waals surface area contributed by atoms with Crippen LogP contribution in [0, 0.1) is 0 Å². The molecule has 1 N–H and O–H groups in total. The van der Waals surface area contributed by atoms with E-state index in [9.17, 15) is 4.79 Å². The van der Waals surface area contributed by atoms with Gasteiger partial charge in [0.1, 0.15) is 11.4 Å². The predicted molar refractivity (Wildman–Crippen MR) is 66.5 cm³/mol. The molecule has 0 aliphatic carbocycles. The van der Waals surface area contributed by atoms with Crippen LogP contribution in [0.4, 0.5) is 0 Å². The van der Waals surface area contributed by atoms with Crippen LogP contribution in [0.3, 0.4) is 0 Å². The summed E-state index contributed by atoms with van der Waals surface area (Å²) in [5.41, 5.74) is 1.81. The number of nitrogens with one attached hydrogen (secondary N) is 1. The van der Waals surface area contributed by atoms with Crippen LogP contribution < -0.4 is 4.74 Å². The quantitative estimate of drug-likeness (QED) is 0.840. The Hall–Kier alpha value is -2.30. The van der Waals surface area contributed by atoms with Gasteiger partial charge in [-0.25, -0.2) is 4.79 Å². The van der Waals surface area contributed by atoms with Crippen molar-refractivity contribution in [2.45, 2.75) is 6.92 Å². The smallest absolute Gasteiger partial charge is 0.356 e. The van der Waals surface area contributed by atoms with E-state index in [1.807, 2.05) is 31.2 Å². The van der Waals surface area contributed by atoms with Crippen LogP contribution in [0.5, 0.6) is 5.75 Å². The Balaban J connectivity index is 2.36. The van der Waals surface area contributed by atoms with Gasteiger partial charge in [-0.05, 0) is 25.1 Å². The fourth-order valence-electron chi connectivity index (χ4n) is 1.63. The van der Waals surface area contributed by atoms with Crippen molar-refractivity contribution in [1.29, 1.82) is 0 Å². The number of hydrogen-bond donors (Lipinski definition) is 1. The maximum Gasteiger partial charge on any atom is 0.356 e. The van der Waals surface area contributed by atoms with E-state index in [2.05, 4.69) is 14.9 Å². The molecule has 5 nitrogen and oxygen atoms in total. The minimum Gasteiger partial charge on any atom is -0.493 e. The molecule has 2 rings (SSSR count). The number of para-hydroxylation sites is 1. The third-order valence-electron chi connectivity index (χ3n) is 2.45. The summed E-state index contributed by atoms with van der Waals surface area (Å²) < 4.78 is 10.1. The topological polar surface area (TPSA) is 64.2 Å². The largest absolute Gasteiger partial charge is 0.493 e. The van der Waals surface area contributed by atoms with E-state index in [1.165, 1.54) is 7.11 Å². The molecule has 0 amide bonds. The first-order valence-electron chi connectivity index (χ1n) is 5.62. The van der Waals surface area contributed by atoms with Crippen molar-refractivity contribution in [1.82, 2.24) is 10.2 Å². The molecule has 0 aliphatic heterocycles. The fourth-order valence-corrected chi connectivity index (χ4v) is 1.63. The summed E-state index contributed by atoms with van der Waals surface area (Å²) in [5, 5.41) is 6.74. The standard InChI is InChI=1S/C13H14N2O3/c1-3-18-12-7-5-4-6-9(12)10-8-11(15-14-10)13(16)17-2/h4-8H,3H2,1-2H3,(H,14,15). The SMILES string of the molecule is CCOc1ccccc1-c1cc(C(=O)OC)[nH]n1. The number of aromatic nitrogens is 2. The molecule has 1 aromatic heterocycles. The van der Waals surface area contributed by atoms with Gasteiger partial charge >= 0.3 is 5.97 Å². The van der Waals surface area contributed by atoms with Crippen molar-refractivity contribution >= 4 is 5.97 Å². The lowest BCUT2D eigenvalue weighted by Gasteiger charge is -2.07. The van der Waals surface area contributed by atoms with Crippen molar-refractivity contribution in [2.75, 3.05) is 13.7 Å². The van der Waals surface area contributed by atoms with Gasteiger partial charge in [0.05, 0.1) is 19.4 Å². The monoisotopic (exact) mass is 246 g/mol. The minimum atomic E-state index is -0.442. The molecule has 0 spiro atoms. The molecule has 18 heavy (non-hydrogen) atoms. The molecule has 0 saturated heterocycles. The summed E-state index contributed by atoms with van der Waals surface area (Å²) in [4.78, 5) is 11.3. The lowest BCUT2D eigenvalue weighted by Crippen LogP contribution is -2.00. The van der Waals surface area contributed by atoms with E-state index in [1.54, 1.807) is 6.07 Å². The van der Waals surface area contributed by atoms with Crippen LogP contribution in [0.1, 0.15) is 17.4 Å². The van der Waals surface area contributed by atoms with E-state index in [4.69, 9.17) is 4.74 Å². The van der Waals surface area contributed by atoms with Gasteiger partial charge in [0.15, 0.2) is 0 Å². The van der Waals surface area contributed by atoms with Gasteiger partial charge in [0.2, 0.25) is 0 Å². The van der Waals surface area contributed by atoms with Crippen molar-refractivity contribution < 1.29 is 14.3 Å². The molecule has 0 saturated carbocycles. The van der Waals surface area contributed by atoms with E-state index < -0.39 is 5.97 Å². The first kappa shape index (κ1) is 12.2. The van der Waals surface area contributed by atoms with E-state index in [-0.39, 0.29) is 0 Å². The number of hydrogen-bond acceptors (Lipinski definition) is 4. The van der Waals surface area contributed by atoms with Gasteiger partial charge in [-0.3, -0.25) is 5.10 Å². The Kier molecular flexibility index (Phi) is 3.62. The number of aromatic amines is 1. The number of methoxy groups -OCH3 is 1. The number of carbonyl (C=O) groups excluding carboxylic acids is 1. The summed E-state index contributed by atoms with van der Waals surface area (Å²) in [6.45, 7) is 2.49. The number of nitrogens with zero attached hydrogens (tertiary/aromatic N) is 1. The summed E-state index contributed by atoms with van der Waals surface area (Å²) in [7, 11) is 1.33.